The van der Waals surface area contributed by atoms with Crippen molar-refractivity contribution in [2.24, 2.45) is 5.92 Å². The van der Waals surface area contributed by atoms with E-state index in [0.29, 0.717) is 6.42 Å². The van der Waals surface area contributed by atoms with Crippen LogP contribution in [0.1, 0.15) is 32.1 Å². The standard InChI is InChI=1S/C12H20N2O4S/c1-19(17,18)14-11(15)7-8-13-12(16)9-10-5-3-2-4-6-10/h3,5,10H,2,4,6-9H2,1H3,(H,13,16)(H,14,15)/t10-/m1/s1. The van der Waals surface area contributed by atoms with E-state index >= 15 is 0 Å². The summed E-state index contributed by atoms with van der Waals surface area (Å²) < 4.78 is 23.4. The van der Waals surface area contributed by atoms with Gasteiger partial charge in [-0.05, 0) is 25.2 Å². The molecular weight excluding hydrogens is 268 g/mol. The Morgan fingerprint density at radius 2 is 2.05 bits per heavy atom. The zero-order chi connectivity index (χ0) is 14.3. The number of carbonyl (C=O) groups is 2. The van der Waals surface area contributed by atoms with Crippen LogP contribution in [0.4, 0.5) is 0 Å². The summed E-state index contributed by atoms with van der Waals surface area (Å²) in [5.74, 6) is -0.442. The Morgan fingerprint density at radius 1 is 1.32 bits per heavy atom. The molecule has 1 aliphatic carbocycles. The van der Waals surface area contributed by atoms with Crippen molar-refractivity contribution in [2.75, 3.05) is 12.8 Å². The highest BCUT2D eigenvalue weighted by molar-refractivity contribution is 7.89. The van der Waals surface area contributed by atoms with E-state index in [1.165, 1.54) is 0 Å². The number of hydrogen-bond acceptors (Lipinski definition) is 4. The maximum Gasteiger partial charge on any atom is 0.235 e. The second-order valence-corrected chi connectivity index (χ2v) is 6.47. The maximum atomic E-state index is 11.6. The summed E-state index contributed by atoms with van der Waals surface area (Å²) >= 11 is 0. The molecule has 0 spiro atoms. The lowest BCUT2D eigenvalue weighted by molar-refractivity contribution is -0.122. The minimum Gasteiger partial charge on any atom is -0.356 e. The van der Waals surface area contributed by atoms with Gasteiger partial charge in [0, 0.05) is 19.4 Å². The van der Waals surface area contributed by atoms with Gasteiger partial charge in [-0.3, -0.25) is 14.3 Å². The fourth-order valence-electron chi connectivity index (χ4n) is 1.94. The molecule has 108 valence electrons. The van der Waals surface area contributed by atoms with Gasteiger partial charge >= 0.3 is 0 Å². The highest BCUT2D eigenvalue weighted by atomic mass is 32.2. The summed E-state index contributed by atoms with van der Waals surface area (Å²) in [6.45, 7) is 0.149. The van der Waals surface area contributed by atoms with Crippen LogP contribution >= 0.6 is 0 Å². The fourth-order valence-corrected chi connectivity index (χ4v) is 2.45. The summed E-state index contributed by atoms with van der Waals surface area (Å²) in [6.07, 6.45) is 8.62. The lowest BCUT2D eigenvalue weighted by Crippen LogP contribution is -2.34. The second-order valence-electron chi connectivity index (χ2n) is 4.72. The molecule has 1 aliphatic rings. The lowest BCUT2D eigenvalue weighted by atomic mass is 9.93. The number of nitrogens with one attached hydrogen (secondary N) is 2. The Morgan fingerprint density at radius 3 is 2.63 bits per heavy atom. The largest absolute Gasteiger partial charge is 0.356 e. The van der Waals surface area contributed by atoms with E-state index in [9.17, 15) is 18.0 Å². The molecule has 0 saturated heterocycles. The highest BCUT2D eigenvalue weighted by Crippen LogP contribution is 2.19. The van der Waals surface area contributed by atoms with Crippen LogP contribution in [-0.4, -0.2) is 33.0 Å². The Kier molecular flexibility index (Phi) is 6.01. The molecule has 7 heteroatoms. The maximum absolute atomic E-state index is 11.6. The molecular formula is C12H20N2O4S. The highest BCUT2D eigenvalue weighted by Gasteiger charge is 2.13. The van der Waals surface area contributed by atoms with Gasteiger partial charge in [-0.15, -0.1) is 0 Å². The Balaban J connectivity index is 2.18. The molecule has 0 bridgehead atoms. The fraction of sp³-hybridized carbons (Fsp3) is 0.667. The van der Waals surface area contributed by atoms with E-state index in [1.807, 2.05) is 4.72 Å². The smallest absolute Gasteiger partial charge is 0.235 e. The number of sulfonamides is 1. The van der Waals surface area contributed by atoms with Gasteiger partial charge in [-0.25, -0.2) is 8.42 Å². The van der Waals surface area contributed by atoms with Gasteiger partial charge < -0.3 is 5.32 Å². The first-order valence-electron chi connectivity index (χ1n) is 6.31. The number of amides is 2. The third-order valence-corrected chi connectivity index (χ3v) is 3.37. The molecule has 1 rings (SSSR count). The molecule has 0 aliphatic heterocycles. The molecule has 0 unspecified atom stereocenters. The van der Waals surface area contributed by atoms with Crippen molar-refractivity contribution >= 4 is 21.8 Å². The van der Waals surface area contributed by atoms with Crippen LogP contribution in [0.3, 0.4) is 0 Å². The number of carbonyl (C=O) groups excluding carboxylic acids is 2. The Hall–Kier alpha value is -1.37. The number of allylic oxidation sites excluding steroid dienone is 2. The van der Waals surface area contributed by atoms with Gasteiger partial charge in [-0.1, -0.05) is 12.2 Å². The van der Waals surface area contributed by atoms with Crippen LogP contribution in [0.15, 0.2) is 12.2 Å². The molecule has 0 fully saturated rings. The predicted molar refractivity (Wildman–Crippen MR) is 71.7 cm³/mol. The Labute approximate surface area is 113 Å². The van der Waals surface area contributed by atoms with Gasteiger partial charge in [0.25, 0.3) is 0 Å². The van der Waals surface area contributed by atoms with Gasteiger partial charge in [0.15, 0.2) is 0 Å². The van der Waals surface area contributed by atoms with Crippen LogP contribution in [0.25, 0.3) is 0 Å². The van der Waals surface area contributed by atoms with Gasteiger partial charge in [0.05, 0.1) is 6.26 Å². The molecule has 19 heavy (non-hydrogen) atoms. The molecule has 1 atom stereocenters. The van der Waals surface area contributed by atoms with Crippen LogP contribution in [0, 0.1) is 5.92 Å². The third kappa shape index (κ3) is 7.61. The zero-order valence-electron chi connectivity index (χ0n) is 11.0. The first-order valence-corrected chi connectivity index (χ1v) is 8.20. The molecule has 2 amide bonds. The summed E-state index contributed by atoms with van der Waals surface area (Å²) in [5.41, 5.74) is 0. The second kappa shape index (κ2) is 7.28. The first kappa shape index (κ1) is 15.7. The van der Waals surface area contributed by atoms with Gasteiger partial charge in [0.1, 0.15) is 0 Å². The molecule has 0 aromatic carbocycles. The monoisotopic (exact) mass is 288 g/mol. The van der Waals surface area contributed by atoms with Gasteiger partial charge in [-0.2, -0.15) is 0 Å². The summed E-state index contributed by atoms with van der Waals surface area (Å²) in [6, 6.07) is 0. The summed E-state index contributed by atoms with van der Waals surface area (Å²) in [5, 5.41) is 2.62. The van der Waals surface area contributed by atoms with Gasteiger partial charge in [0.2, 0.25) is 21.8 Å². The van der Waals surface area contributed by atoms with E-state index in [0.717, 1.165) is 25.5 Å². The van der Waals surface area contributed by atoms with Crippen LogP contribution < -0.4 is 10.0 Å². The van der Waals surface area contributed by atoms with Crippen molar-refractivity contribution in [1.29, 1.82) is 0 Å². The van der Waals surface area contributed by atoms with Crippen molar-refractivity contribution in [3.05, 3.63) is 12.2 Å². The zero-order valence-corrected chi connectivity index (χ0v) is 11.8. The van der Waals surface area contributed by atoms with Crippen LogP contribution in [-0.2, 0) is 19.6 Å². The third-order valence-electron chi connectivity index (χ3n) is 2.77. The molecule has 6 nitrogen and oxygen atoms in total. The number of hydrogen-bond donors (Lipinski definition) is 2. The lowest BCUT2D eigenvalue weighted by Gasteiger charge is -2.15. The van der Waals surface area contributed by atoms with Crippen molar-refractivity contribution in [3.63, 3.8) is 0 Å². The molecule has 0 saturated carbocycles. The van der Waals surface area contributed by atoms with E-state index in [1.54, 1.807) is 0 Å². The van der Waals surface area contributed by atoms with E-state index in [-0.39, 0.29) is 24.8 Å². The van der Waals surface area contributed by atoms with Crippen molar-refractivity contribution in [2.45, 2.75) is 32.1 Å². The summed E-state index contributed by atoms with van der Waals surface area (Å²) in [7, 11) is -3.52. The first-order chi connectivity index (χ1) is 8.87. The quantitative estimate of drug-likeness (QED) is 0.688. The summed E-state index contributed by atoms with van der Waals surface area (Å²) in [4.78, 5) is 22.8. The van der Waals surface area contributed by atoms with Crippen LogP contribution in [0.2, 0.25) is 0 Å². The minimum absolute atomic E-state index is 0.0423. The van der Waals surface area contributed by atoms with Crippen molar-refractivity contribution in [3.8, 4) is 0 Å². The average molecular weight is 288 g/mol. The van der Waals surface area contributed by atoms with Crippen molar-refractivity contribution in [1.82, 2.24) is 10.0 Å². The van der Waals surface area contributed by atoms with E-state index < -0.39 is 15.9 Å². The average Bonchev–Trinajstić information content (AvgIpc) is 2.27. The van der Waals surface area contributed by atoms with Crippen molar-refractivity contribution < 1.29 is 18.0 Å². The molecule has 0 aromatic heterocycles. The Bertz CT molecular complexity index is 456. The molecule has 0 heterocycles. The normalized spacial score (nSPS) is 18.9. The van der Waals surface area contributed by atoms with E-state index in [2.05, 4.69) is 17.5 Å². The van der Waals surface area contributed by atoms with Crippen LogP contribution in [0.5, 0.6) is 0 Å². The predicted octanol–water partition coefficient (Wildman–Crippen LogP) is 0.315. The molecule has 0 radical (unpaired) electrons. The number of rotatable bonds is 6. The van der Waals surface area contributed by atoms with E-state index in [4.69, 9.17) is 0 Å². The minimum atomic E-state index is -3.52. The topological polar surface area (TPSA) is 92.3 Å². The molecule has 2 N–H and O–H groups in total. The molecule has 0 aromatic rings. The SMILES string of the molecule is CS(=O)(=O)NC(=O)CCNC(=O)C[C@@H]1C=CCCC1.